The van der Waals surface area contributed by atoms with Crippen LogP contribution in [0.3, 0.4) is 0 Å². The van der Waals surface area contributed by atoms with Crippen LogP contribution in [0.15, 0.2) is 65.6 Å². The van der Waals surface area contributed by atoms with Crippen LogP contribution in [0.1, 0.15) is 5.56 Å². The number of rotatable bonds is 3. The molecule has 1 nitrogen and oxygen atoms in total. The van der Waals surface area contributed by atoms with Gasteiger partial charge in [-0.25, -0.2) is 0 Å². The summed E-state index contributed by atoms with van der Waals surface area (Å²) in [6, 6.07) is 20.0. The third kappa shape index (κ3) is 4.21. The monoisotopic (exact) mass is 260 g/mol. The van der Waals surface area contributed by atoms with Crippen LogP contribution in [-0.4, -0.2) is 4.38 Å². The van der Waals surface area contributed by atoms with Gasteiger partial charge in [0.2, 0.25) is 4.38 Å². The quantitative estimate of drug-likeness (QED) is 0.602. The van der Waals surface area contributed by atoms with E-state index in [4.69, 9.17) is 17.0 Å². The first-order chi connectivity index (χ1) is 8.34. The summed E-state index contributed by atoms with van der Waals surface area (Å²) in [6.45, 7) is 0.527. The lowest BCUT2D eigenvalue weighted by atomic mass is 10.2. The molecule has 0 aliphatic heterocycles. The Balaban J connectivity index is 1.83. The molecule has 0 bridgehead atoms. The molecule has 3 heteroatoms. The maximum atomic E-state index is 5.53. The number of thiocarbonyl (C=S) groups is 1. The Labute approximate surface area is 111 Å². The Kier molecular flexibility index (Phi) is 4.59. The van der Waals surface area contributed by atoms with Crippen LogP contribution in [0.25, 0.3) is 0 Å². The van der Waals surface area contributed by atoms with Gasteiger partial charge in [-0.3, -0.25) is 0 Å². The van der Waals surface area contributed by atoms with Crippen molar-refractivity contribution >= 4 is 28.4 Å². The highest BCUT2D eigenvalue weighted by atomic mass is 32.2. The van der Waals surface area contributed by atoms with E-state index in [1.807, 2.05) is 60.7 Å². The molecule has 0 aliphatic rings. The van der Waals surface area contributed by atoms with Crippen molar-refractivity contribution in [3.63, 3.8) is 0 Å². The first-order valence-electron chi connectivity index (χ1n) is 5.28. The largest absolute Gasteiger partial charge is 0.473 e. The zero-order chi connectivity index (χ0) is 11.9. The van der Waals surface area contributed by atoms with Gasteiger partial charge in [0, 0.05) is 4.90 Å². The third-order valence-electron chi connectivity index (χ3n) is 2.14. The Morgan fingerprint density at radius 2 is 1.53 bits per heavy atom. The molecular formula is C14H12OS2. The average Bonchev–Trinajstić information content (AvgIpc) is 2.39. The summed E-state index contributed by atoms with van der Waals surface area (Å²) in [5, 5.41) is 0. The molecule has 86 valence electrons. The first-order valence-corrected chi connectivity index (χ1v) is 6.50. The maximum absolute atomic E-state index is 5.53. The molecule has 0 aliphatic carbocycles. The van der Waals surface area contributed by atoms with Gasteiger partial charge in [0.25, 0.3) is 0 Å². The summed E-state index contributed by atoms with van der Waals surface area (Å²) in [4.78, 5) is 1.10. The van der Waals surface area contributed by atoms with E-state index in [2.05, 4.69) is 0 Å². The molecule has 2 aromatic rings. The van der Waals surface area contributed by atoms with E-state index >= 15 is 0 Å². The van der Waals surface area contributed by atoms with Crippen molar-refractivity contribution < 1.29 is 4.74 Å². The fourth-order valence-corrected chi connectivity index (χ4v) is 2.28. The van der Waals surface area contributed by atoms with Gasteiger partial charge in [0.1, 0.15) is 6.61 Å². The SMILES string of the molecule is S=C(OCc1ccccc1)Sc1ccccc1. The van der Waals surface area contributed by atoms with Crippen LogP contribution in [0.2, 0.25) is 0 Å². The molecule has 0 saturated heterocycles. The van der Waals surface area contributed by atoms with E-state index in [0.717, 1.165) is 10.5 Å². The predicted molar refractivity (Wildman–Crippen MR) is 76.1 cm³/mol. The summed E-state index contributed by atoms with van der Waals surface area (Å²) >= 11 is 6.65. The molecule has 0 amide bonds. The molecular weight excluding hydrogens is 248 g/mol. The van der Waals surface area contributed by atoms with Crippen molar-refractivity contribution in [2.75, 3.05) is 0 Å². The second kappa shape index (κ2) is 6.42. The number of thioether (sulfide) groups is 1. The van der Waals surface area contributed by atoms with E-state index < -0.39 is 0 Å². The minimum Gasteiger partial charge on any atom is -0.473 e. The lowest BCUT2D eigenvalue weighted by Gasteiger charge is -2.06. The topological polar surface area (TPSA) is 9.23 Å². The molecule has 2 rings (SSSR count). The van der Waals surface area contributed by atoms with Gasteiger partial charge in [-0.1, -0.05) is 48.5 Å². The van der Waals surface area contributed by atoms with Gasteiger partial charge >= 0.3 is 0 Å². The maximum Gasteiger partial charge on any atom is 0.225 e. The van der Waals surface area contributed by atoms with Gasteiger partial charge in [0.05, 0.1) is 0 Å². The molecule has 0 atom stereocenters. The highest BCUT2D eigenvalue weighted by molar-refractivity contribution is 8.22. The van der Waals surface area contributed by atoms with Gasteiger partial charge in [-0.05, 0) is 41.7 Å². The lowest BCUT2D eigenvalue weighted by Crippen LogP contribution is -1.97. The van der Waals surface area contributed by atoms with Crippen LogP contribution in [0, 0.1) is 0 Å². The number of ether oxygens (including phenoxy) is 1. The third-order valence-corrected chi connectivity index (χ3v) is 3.30. The summed E-state index contributed by atoms with van der Waals surface area (Å²) in [6.07, 6.45) is 0. The molecule has 0 unspecified atom stereocenters. The molecule has 0 aromatic heterocycles. The molecule has 0 heterocycles. The van der Waals surface area contributed by atoms with Crippen molar-refractivity contribution in [1.29, 1.82) is 0 Å². The standard InChI is InChI=1S/C14H12OS2/c16-14(17-13-9-5-2-6-10-13)15-11-12-7-3-1-4-8-12/h1-10H,11H2. The van der Waals surface area contributed by atoms with Gasteiger partial charge < -0.3 is 4.74 Å². The normalized spacial score (nSPS) is 9.88. The highest BCUT2D eigenvalue weighted by Crippen LogP contribution is 2.20. The Morgan fingerprint density at radius 1 is 0.941 bits per heavy atom. The van der Waals surface area contributed by atoms with Crippen LogP contribution >= 0.6 is 24.0 Å². The average molecular weight is 260 g/mol. The fourth-order valence-electron chi connectivity index (χ4n) is 1.33. The van der Waals surface area contributed by atoms with Crippen molar-refractivity contribution in [2.45, 2.75) is 11.5 Å². The zero-order valence-electron chi connectivity index (χ0n) is 9.21. The summed E-state index contributed by atoms with van der Waals surface area (Å²) < 4.78 is 6.08. The zero-order valence-corrected chi connectivity index (χ0v) is 10.8. The summed E-state index contributed by atoms with van der Waals surface area (Å²) in [5.41, 5.74) is 1.13. The Bertz CT molecular complexity index is 468. The second-order valence-electron chi connectivity index (χ2n) is 3.44. The first kappa shape index (κ1) is 12.1. The number of hydrogen-bond acceptors (Lipinski definition) is 3. The minimum atomic E-state index is 0.527. The van der Waals surface area contributed by atoms with E-state index in [-0.39, 0.29) is 0 Å². The lowest BCUT2D eigenvalue weighted by molar-refractivity contribution is 0.310. The summed E-state index contributed by atoms with van der Waals surface area (Å²) in [7, 11) is 0. The molecule has 0 radical (unpaired) electrons. The Hall–Kier alpha value is -1.32. The molecule has 0 saturated carbocycles. The number of hydrogen-bond donors (Lipinski definition) is 0. The molecule has 0 fully saturated rings. The molecule has 0 spiro atoms. The second-order valence-corrected chi connectivity index (χ2v) is 5.11. The van der Waals surface area contributed by atoms with Crippen molar-refractivity contribution in [2.24, 2.45) is 0 Å². The highest BCUT2D eigenvalue weighted by Gasteiger charge is 2.01. The molecule has 17 heavy (non-hydrogen) atoms. The van der Waals surface area contributed by atoms with E-state index in [1.165, 1.54) is 11.8 Å². The van der Waals surface area contributed by atoms with Crippen molar-refractivity contribution in [1.82, 2.24) is 0 Å². The summed E-state index contributed by atoms with van der Waals surface area (Å²) in [5.74, 6) is 0. The van der Waals surface area contributed by atoms with Gasteiger partial charge in [-0.15, -0.1) is 0 Å². The van der Waals surface area contributed by atoms with E-state index in [1.54, 1.807) is 0 Å². The van der Waals surface area contributed by atoms with E-state index in [0.29, 0.717) is 11.0 Å². The van der Waals surface area contributed by atoms with Crippen LogP contribution in [0.5, 0.6) is 0 Å². The minimum absolute atomic E-state index is 0.527. The van der Waals surface area contributed by atoms with Crippen LogP contribution in [0.4, 0.5) is 0 Å². The molecule has 0 N–H and O–H groups in total. The van der Waals surface area contributed by atoms with Crippen LogP contribution < -0.4 is 0 Å². The van der Waals surface area contributed by atoms with Crippen molar-refractivity contribution in [3.05, 3.63) is 66.2 Å². The smallest absolute Gasteiger partial charge is 0.225 e. The van der Waals surface area contributed by atoms with E-state index in [9.17, 15) is 0 Å². The number of benzene rings is 2. The fraction of sp³-hybridized carbons (Fsp3) is 0.0714. The van der Waals surface area contributed by atoms with Gasteiger partial charge in [-0.2, -0.15) is 0 Å². The molecule has 2 aromatic carbocycles. The van der Waals surface area contributed by atoms with Crippen molar-refractivity contribution in [3.8, 4) is 0 Å². The predicted octanol–water partition coefficient (Wildman–Crippen LogP) is 4.28. The van der Waals surface area contributed by atoms with Crippen LogP contribution in [-0.2, 0) is 11.3 Å². The van der Waals surface area contributed by atoms with Gasteiger partial charge in [0.15, 0.2) is 0 Å². The Morgan fingerprint density at radius 3 is 2.18 bits per heavy atom.